The van der Waals surface area contributed by atoms with Crippen LogP contribution in [0.4, 0.5) is 4.39 Å². The molecule has 5 nitrogen and oxygen atoms in total. The molecule has 0 spiro atoms. The number of hydrogen-bond donors (Lipinski definition) is 0. The van der Waals surface area contributed by atoms with Crippen LogP contribution < -0.4 is 4.74 Å². The number of hydrogen-bond acceptors (Lipinski definition) is 3. The van der Waals surface area contributed by atoms with Crippen LogP contribution in [-0.4, -0.2) is 37.5 Å². The van der Waals surface area contributed by atoms with E-state index in [-0.39, 0.29) is 10.8 Å². The van der Waals surface area contributed by atoms with Crippen LogP contribution in [0, 0.1) is 12.7 Å². The van der Waals surface area contributed by atoms with Crippen molar-refractivity contribution in [2.45, 2.75) is 37.1 Å². The van der Waals surface area contributed by atoms with Crippen LogP contribution in [0.25, 0.3) is 10.9 Å². The predicted molar refractivity (Wildman–Crippen MR) is 136 cm³/mol. The van der Waals surface area contributed by atoms with Gasteiger partial charge in [-0.1, -0.05) is 42.5 Å². The van der Waals surface area contributed by atoms with Gasteiger partial charge in [-0.3, -0.25) is 0 Å². The summed E-state index contributed by atoms with van der Waals surface area (Å²) in [5, 5.41) is 1.21. The van der Waals surface area contributed by atoms with Gasteiger partial charge in [-0.25, -0.2) is 12.8 Å². The van der Waals surface area contributed by atoms with E-state index in [4.69, 9.17) is 4.74 Å². The highest BCUT2D eigenvalue weighted by Gasteiger charge is 2.33. The van der Waals surface area contributed by atoms with Crippen LogP contribution in [0.5, 0.6) is 5.75 Å². The van der Waals surface area contributed by atoms with Gasteiger partial charge in [0.2, 0.25) is 10.0 Å². The maximum atomic E-state index is 14.2. The van der Waals surface area contributed by atoms with Crippen molar-refractivity contribution in [3.8, 4) is 5.75 Å². The predicted octanol–water partition coefficient (Wildman–Crippen LogP) is 5.71. The molecule has 1 saturated heterocycles. The molecular formula is C28H29FN2O3S. The Hall–Kier alpha value is -3.16. The molecule has 0 N–H and O–H groups in total. The number of aromatic nitrogens is 1. The number of benzene rings is 3. The quantitative estimate of drug-likeness (QED) is 0.346. The lowest BCUT2D eigenvalue weighted by atomic mass is 9.88. The molecule has 0 bridgehead atoms. The topological polar surface area (TPSA) is 51.5 Å². The van der Waals surface area contributed by atoms with Gasteiger partial charge in [0.25, 0.3) is 0 Å². The van der Waals surface area contributed by atoms with Crippen LogP contribution in [0.3, 0.4) is 0 Å². The molecule has 3 aromatic carbocycles. The van der Waals surface area contributed by atoms with Gasteiger partial charge in [-0.15, -0.1) is 0 Å². The number of ether oxygens (including phenoxy) is 1. The first-order valence-corrected chi connectivity index (χ1v) is 13.3. The highest BCUT2D eigenvalue weighted by molar-refractivity contribution is 7.89. The molecule has 1 aliphatic heterocycles. The van der Waals surface area contributed by atoms with Gasteiger partial charge in [-0.05, 0) is 67.1 Å². The highest BCUT2D eigenvalue weighted by atomic mass is 32.2. The number of methoxy groups -OCH3 is 1. The smallest absolute Gasteiger partial charge is 0.245 e. The number of sulfonamides is 1. The van der Waals surface area contributed by atoms with Crippen LogP contribution >= 0.6 is 0 Å². The Morgan fingerprint density at radius 1 is 0.971 bits per heavy atom. The Morgan fingerprint density at radius 2 is 1.69 bits per heavy atom. The third kappa shape index (κ3) is 4.34. The molecule has 5 rings (SSSR count). The van der Waals surface area contributed by atoms with Crippen molar-refractivity contribution in [2.24, 2.45) is 0 Å². The van der Waals surface area contributed by atoms with E-state index in [9.17, 15) is 12.8 Å². The third-order valence-electron chi connectivity index (χ3n) is 7.07. The van der Waals surface area contributed by atoms with Crippen molar-refractivity contribution in [3.05, 3.63) is 95.4 Å². The Balaban J connectivity index is 1.43. The Labute approximate surface area is 205 Å². The summed E-state index contributed by atoms with van der Waals surface area (Å²) in [5.74, 6) is 0.366. The fraction of sp³-hybridized carbons (Fsp3) is 0.286. The van der Waals surface area contributed by atoms with E-state index in [0.717, 1.165) is 17.9 Å². The van der Waals surface area contributed by atoms with E-state index in [1.807, 2.05) is 12.1 Å². The first-order chi connectivity index (χ1) is 16.9. The Bertz CT molecular complexity index is 1470. The first kappa shape index (κ1) is 23.6. The van der Waals surface area contributed by atoms with E-state index >= 15 is 0 Å². The fourth-order valence-electron chi connectivity index (χ4n) is 5.31. The minimum atomic E-state index is -3.85. The molecule has 182 valence electrons. The van der Waals surface area contributed by atoms with Gasteiger partial charge < -0.3 is 9.30 Å². The standard InChI is InChI=1S/C28H29FN2O3S/c1-20-28(22-14-16-30(17-15-22)35(32,33)27-13-6-4-11-25(27)29)24-10-3-5-12-26(24)31(20)19-21-8-7-9-23(18-21)34-2/h3-13,18,22H,14-17,19H2,1-2H3. The number of piperidine rings is 1. The lowest BCUT2D eigenvalue weighted by molar-refractivity contribution is 0.318. The molecule has 0 aliphatic carbocycles. The summed E-state index contributed by atoms with van der Waals surface area (Å²) in [6, 6.07) is 22.1. The summed E-state index contributed by atoms with van der Waals surface area (Å²) in [5.41, 5.74) is 4.81. The summed E-state index contributed by atoms with van der Waals surface area (Å²) in [6.07, 6.45) is 1.39. The zero-order valence-electron chi connectivity index (χ0n) is 19.9. The van der Waals surface area contributed by atoms with E-state index in [1.165, 1.54) is 44.7 Å². The van der Waals surface area contributed by atoms with E-state index < -0.39 is 15.8 Å². The molecule has 1 aromatic heterocycles. The van der Waals surface area contributed by atoms with Crippen molar-refractivity contribution in [1.82, 2.24) is 8.87 Å². The second kappa shape index (κ2) is 9.47. The number of nitrogens with zero attached hydrogens (tertiary/aromatic N) is 2. The van der Waals surface area contributed by atoms with Crippen molar-refractivity contribution >= 4 is 20.9 Å². The second-order valence-corrected chi connectivity index (χ2v) is 11.0. The summed E-state index contributed by atoms with van der Waals surface area (Å²) in [7, 11) is -2.18. The molecular weight excluding hydrogens is 463 g/mol. The molecule has 35 heavy (non-hydrogen) atoms. The van der Waals surface area contributed by atoms with Gasteiger partial charge in [0.1, 0.15) is 16.5 Å². The van der Waals surface area contributed by atoms with Gasteiger partial charge in [-0.2, -0.15) is 4.31 Å². The SMILES string of the molecule is COc1cccc(Cn2c(C)c(C3CCN(S(=O)(=O)c4ccccc4F)CC3)c3ccccc32)c1. The molecule has 0 saturated carbocycles. The third-order valence-corrected chi connectivity index (χ3v) is 9.00. The first-order valence-electron chi connectivity index (χ1n) is 11.9. The van der Waals surface area contributed by atoms with Crippen molar-refractivity contribution in [2.75, 3.05) is 20.2 Å². The Kier molecular flexibility index (Phi) is 6.38. The number of rotatable bonds is 6. The van der Waals surface area contributed by atoms with E-state index in [0.29, 0.717) is 25.9 Å². The fourth-order valence-corrected chi connectivity index (χ4v) is 6.84. The molecule has 0 unspecified atom stereocenters. The second-order valence-electron chi connectivity index (χ2n) is 9.06. The van der Waals surface area contributed by atoms with Crippen LogP contribution in [0.15, 0.2) is 77.7 Å². The number of halogens is 1. The van der Waals surface area contributed by atoms with Gasteiger partial charge in [0, 0.05) is 36.2 Å². The summed E-state index contributed by atoms with van der Waals surface area (Å²) >= 11 is 0. The minimum absolute atomic E-state index is 0.235. The molecule has 0 radical (unpaired) electrons. The molecule has 4 aromatic rings. The van der Waals surface area contributed by atoms with Crippen molar-refractivity contribution in [3.63, 3.8) is 0 Å². The zero-order valence-corrected chi connectivity index (χ0v) is 20.8. The summed E-state index contributed by atoms with van der Waals surface area (Å²) in [4.78, 5) is -0.246. The van der Waals surface area contributed by atoms with Crippen LogP contribution in [0.1, 0.15) is 35.6 Å². The summed E-state index contributed by atoms with van der Waals surface area (Å²) < 4.78 is 49.5. The minimum Gasteiger partial charge on any atom is -0.497 e. The maximum Gasteiger partial charge on any atom is 0.245 e. The van der Waals surface area contributed by atoms with E-state index in [1.54, 1.807) is 13.2 Å². The van der Waals surface area contributed by atoms with Crippen molar-refractivity contribution in [1.29, 1.82) is 0 Å². The maximum absolute atomic E-state index is 14.2. The molecule has 1 fully saturated rings. The van der Waals surface area contributed by atoms with Crippen LogP contribution in [-0.2, 0) is 16.6 Å². The molecule has 0 amide bonds. The lowest BCUT2D eigenvalue weighted by Gasteiger charge is -2.31. The van der Waals surface area contributed by atoms with E-state index in [2.05, 4.69) is 47.9 Å². The van der Waals surface area contributed by atoms with Gasteiger partial charge in [0.05, 0.1) is 7.11 Å². The summed E-state index contributed by atoms with van der Waals surface area (Å²) in [6.45, 7) is 3.62. The molecule has 1 aliphatic rings. The number of para-hydroxylation sites is 1. The largest absolute Gasteiger partial charge is 0.497 e. The zero-order chi connectivity index (χ0) is 24.6. The average molecular weight is 493 g/mol. The molecule has 2 heterocycles. The highest BCUT2D eigenvalue weighted by Crippen LogP contribution is 2.39. The van der Waals surface area contributed by atoms with Crippen molar-refractivity contribution < 1.29 is 17.5 Å². The molecule has 7 heteroatoms. The molecule has 0 atom stereocenters. The lowest BCUT2D eigenvalue weighted by Crippen LogP contribution is -2.38. The average Bonchev–Trinajstić information content (AvgIpc) is 3.15. The Morgan fingerprint density at radius 3 is 2.43 bits per heavy atom. The normalized spacial score (nSPS) is 15.5. The van der Waals surface area contributed by atoms with Gasteiger partial charge in [0.15, 0.2) is 0 Å². The van der Waals surface area contributed by atoms with Gasteiger partial charge >= 0.3 is 0 Å². The van der Waals surface area contributed by atoms with Crippen LogP contribution in [0.2, 0.25) is 0 Å². The number of fused-ring (bicyclic) bond motifs is 1. The monoisotopic (exact) mass is 492 g/mol.